The van der Waals surface area contributed by atoms with Crippen molar-refractivity contribution in [3.63, 3.8) is 0 Å². The van der Waals surface area contributed by atoms with Gasteiger partial charge < -0.3 is 10.1 Å². The zero-order valence-corrected chi connectivity index (χ0v) is 11.7. The molecule has 5 nitrogen and oxygen atoms in total. The lowest BCUT2D eigenvalue weighted by molar-refractivity contribution is 0.0942. The Hall–Kier alpha value is -2.37. The van der Waals surface area contributed by atoms with Crippen molar-refractivity contribution in [2.24, 2.45) is 0 Å². The summed E-state index contributed by atoms with van der Waals surface area (Å²) in [6.45, 7) is 2.29. The molecule has 2 aromatic rings. The predicted octanol–water partition coefficient (Wildman–Crippen LogP) is 2.30. The molecular weight excluding hydrogens is 273 g/mol. The summed E-state index contributed by atoms with van der Waals surface area (Å²) >= 11 is 0. The summed E-state index contributed by atoms with van der Waals surface area (Å²) in [7, 11) is 0. The molecule has 110 valence electrons. The van der Waals surface area contributed by atoms with Gasteiger partial charge in [-0.2, -0.15) is 5.10 Å². The second-order valence-electron chi connectivity index (χ2n) is 4.94. The molecule has 0 atom stereocenters. The largest absolute Gasteiger partial charge is 0.490 e. The van der Waals surface area contributed by atoms with E-state index < -0.39 is 0 Å². The molecule has 3 rings (SSSR count). The van der Waals surface area contributed by atoms with E-state index in [2.05, 4.69) is 10.4 Å². The van der Waals surface area contributed by atoms with Crippen LogP contribution in [0.3, 0.4) is 0 Å². The first kappa shape index (κ1) is 13.6. The summed E-state index contributed by atoms with van der Waals surface area (Å²) in [6.07, 6.45) is 3.65. The lowest BCUT2D eigenvalue weighted by Crippen LogP contribution is -2.26. The molecule has 1 N–H and O–H groups in total. The number of carbonyl (C=O) groups excluding carboxylic acids is 1. The van der Waals surface area contributed by atoms with E-state index in [0.29, 0.717) is 18.0 Å². The van der Waals surface area contributed by atoms with Crippen LogP contribution >= 0.6 is 0 Å². The standard InChI is InChI=1S/C15H16FN3O2/c1-2-21-13-9-19(12-7-3-10(16)4-8-12)18-14(13)15(20)17-11-5-6-11/h3-4,7-9,11H,2,5-6H2,1H3,(H,17,20). The number of hydrogen-bond donors (Lipinski definition) is 1. The Morgan fingerprint density at radius 3 is 2.76 bits per heavy atom. The van der Waals surface area contributed by atoms with E-state index in [1.54, 1.807) is 18.3 Å². The number of carbonyl (C=O) groups is 1. The zero-order chi connectivity index (χ0) is 14.8. The Balaban J connectivity index is 1.90. The molecular formula is C15H16FN3O2. The van der Waals surface area contributed by atoms with Crippen LogP contribution in [0.1, 0.15) is 30.3 Å². The van der Waals surface area contributed by atoms with Gasteiger partial charge in [0, 0.05) is 6.04 Å². The van der Waals surface area contributed by atoms with Crippen molar-refractivity contribution < 1.29 is 13.9 Å². The van der Waals surface area contributed by atoms with Gasteiger partial charge in [-0.15, -0.1) is 0 Å². The lowest BCUT2D eigenvalue weighted by atomic mass is 10.3. The number of rotatable bonds is 5. The zero-order valence-electron chi connectivity index (χ0n) is 11.7. The van der Waals surface area contributed by atoms with Crippen LogP contribution in [0.4, 0.5) is 4.39 Å². The van der Waals surface area contributed by atoms with Gasteiger partial charge in [-0.3, -0.25) is 4.79 Å². The topological polar surface area (TPSA) is 56.2 Å². The highest BCUT2D eigenvalue weighted by molar-refractivity contribution is 5.95. The van der Waals surface area contributed by atoms with Crippen molar-refractivity contribution in [3.05, 3.63) is 42.0 Å². The van der Waals surface area contributed by atoms with Crippen LogP contribution in [0, 0.1) is 5.82 Å². The Bertz CT molecular complexity index is 647. The SMILES string of the molecule is CCOc1cn(-c2ccc(F)cc2)nc1C(=O)NC1CC1. The molecule has 1 heterocycles. The molecule has 1 amide bonds. The molecule has 0 saturated heterocycles. The second kappa shape index (κ2) is 5.55. The van der Waals surface area contributed by atoms with E-state index in [0.717, 1.165) is 12.8 Å². The fraction of sp³-hybridized carbons (Fsp3) is 0.333. The van der Waals surface area contributed by atoms with Crippen LogP contribution in [0.25, 0.3) is 5.69 Å². The molecule has 1 aliphatic carbocycles. The fourth-order valence-corrected chi connectivity index (χ4v) is 1.98. The molecule has 6 heteroatoms. The molecule has 21 heavy (non-hydrogen) atoms. The van der Waals surface area contributed by atoms with E-state index in [1.165, 1.54) is 16.8 Å². The van der Waals surface area contributed by atoms with Crippen molar-refractivity contribution in [3.8, 4) is 11.4 Å². The van der Waals surface area contributed by atoms with E-state index in [1.807, 2.05) is 6.92 Å². The Morgan fingerprint density at radius 2 is 2.14 bits per heavy atom. The van der Waals surface area contributed by atoms with Crippen molar-refractivity contribution in [1.82, 2.24) is 15.1 Å². The fourth-order valence-electron chi connectivity index (χ4n) is 1.98. The minimum Gasteiger partial charge on any atom is -0.490 e. The highest BCUT2D eigenvalue weighted by Gasteiger charge is 2.27. The number of nitrogens with one attached hydrogen (secondary N) is 1. The van der Waals surface area contributed by atoms with Crippen molar-refractivity contribution in [2.45, 2.75) is 25.8 Å². The molecule has 0 aliphatic heterocycles. The van der Waals surface area contributed by atoms with Gasteiger partial charge in [0.2, 0.25) is 0 Å². The van der Waals surface area contributed by atoms with Crippen molar-refractivity contribution >= 4 is 5.91 Å². The number of nitrogens with zero attached hydrogens (tertiary/aromatic N) is 2. The summed E-state index contributed by atoms with van der Waals surface area (Å²) in [4.78, 5) is 12.2. The molecule has 1 fully saturated rings. The van der Waals surface area contributed by atoms with Crippen LogP contribution in [0.15, 0.2) is 30.5 Å². The number of halogens is 1. The van der Waals surface area contributed by atoms with Gasteiger partial charge >= 0.3 is 0 Å². The lowest BCUT2D eigenvalue weighted by Gasteiger charge is -2.03. The molecule has 1 aromatic heterocycles. The van der Waals surface area contributed by atoms with E-state index in [9.17, 15) is 9.18 Å². The number of amides is 1. The predicted molar refractivity (Wildman–Crippen MR) is 75.2 cm³/mol. The monoisotopic (exact) mass is 289 g/mol. The van der Waals surface area contributed by atoms with Crippen LogP contribution in [-0.4, -0.2) is 28.3 Å². The third-order valence-corrected chi connectivity index (χ3v) is 3.20. The van der Waals surface area contributed by atoms with E-state index in [-0.39, 0.29) is 23.5 Å². The van der Waals surface area contributed by atoms with Crippen molar-refractivity contribution in [2.75, 3.05) is 6.61 Å². The molecule has 1 aliphatic rings. The minimum absolute atomic E-state index is 0.234. The number of benzene rings is 1. The Kier molecular flexibility index (Phi) is 3.60. The van der Waals surface area contributed by atoms with Crippen LogP contribution in [0.5, 0.6) is 5.75 Å². The summed E-state index contributed by atoms with van der Waals surface area (Å²) in [5.74, 6) is -0.121. The van der Waals surface area contributed by atoms with E-state index in [4.69, 9.17) is 4.74 Å². The average molecular weight is 289 g/mol. The summed E-state index contributed by atoms with van der Waals surface area (Å²) in [5.41, 5.74) is 0.927. The number of aromatic nitrogens is 2. The first-order chi connectivity index (χ1) is 10.2. The van der Waals surface area contributed by atoms with Gasteiger partial charge in [-0.25, -0.2) is 9.07 Å². The third-order valence-electron chi connectivity index (χ3n) is 3.20. The molecule has 0 bridgehead atoms. The Morgan fingerprint density at radius 1 is 1.43 bits per heavy atom. The van der Waals surface area contributed by atoms with Gasteiger partial charge in [0.15, 0.2) is 11.4 Å². The van der Waals surface area contributed by atoms with Crippen molar-refractivity contribution in [1.29, 1.82) is 0 Å². The third kappa shape index (κ3) is 3.04. The van der Waals surface area contributed by atoms with Crippen LogP contribution < -0.4 is 10.1 Å². The maximum absolute atomic E-state index is 13.0. The number of hydrogen-bond acceptors (Lipinski definition) is 3. The normalized spacial score (nSPS) is 14.0. The maximum atomic E-state index is 13.0. The molecule has 1 aromatic carbocycles. The molecule has 0 unspecified atom stereocenters. The summed E-state index contributed by atoms with van der Waals surface area (Å²) < 4.78 is 20.0. The van der Waals surface area contributed by atoms with Gasteiger partial charge in [0.1, 0.15) is 5.82 Å². The van der Waals surface area contributed by atoms with Gasteiger partial charge in [0.05, 0.1) is 18.5 Å². The quantitative estimate of drug-likeness (QED) is 0.919. The van der Waals surface area contributed by atoms with Gasteiger partial charge in [0.25, 0.3) is 5.91 Å². The smallest absolute Gasteiger partial charge is 0.275 e. The highest BCUT2D eigenvalue weighted by Crippen LogP contribution is 2.23. The van der Waals surface area contributed by atoms with Crippen LogP contribution in [0.2, 0.25) is 0 Å². The average Bonchev–Trinajstić information content (AvgIpc) is 3.18. The molecule has 0 radical (unpaired) electrons. The van der Waals surface area contributed by atoms with Gasteiger partial charge in [-0.05, 0) is 44.0 Å². The van der Waals surface area contributed by atoms with E-state index >= 15 is 0 Å². The summed E-state index contributed by atoms with van der Waals surface area (Å²) in [6, 6.07) is 6.15. The summed E-state index contributed by atoms with van der Waals surface area (Å²) in [5, 5.41) is 7.15. The first-order valence-electron chi connectivity index (χ1n) is 6.96. The molecule has 0 spiro atoms. The highest BCUT2D eigenvalue weighted by atomic mass is 19.1. The minimum atomic E-state index is -0.317. The van der Waals surface area contributed by atoms with Gasteiger partial charge in [-0.1, -0.05) is 0 Å². The first-order valence-corrected chi connectivity index (χ1v) is 6.96. The second-order valence-corrected chi connectivity index (χ2v) is 4.94. The number of ether oxygens (including phenoxy) is 1. The van der Waals surface area contributed by atoms with Crippen LogP contribution in [-0.2, 0) is 0 Å². The molecule has 1 saturated carbocycles. The maximum Gasteiger partial charge on any atom is 0.275 e. The Labute approximate surface area is 121 Å².